The van der Waals surface area contributed by atoms with Crippen LogP contribution in [0.15, 0.2) is 24.3 Å². The largest absolute Gasteiger partial charge is 0.481 e. The van der Waals surface area contributed by atoms with Crippen LogP contribution < -0.4 is 0 Å². The van der Waals surface area contributed by atoms with Gasteiger partial charge >= 0.3 is 5.97 Å². The zero-order chi connectivity index (χ0) is 16.1. The smallest absolute Gasteiger partial charge is 0.308 e. The Morgan fingerprint density at radius 1 is 1.36 bits per heavy atom. The standard InChI is InChI=1S/C17H25FN2O2/c1-3-19(4-2)8-9-20-11-15(16(12-20)17(21)22)13-6-5-7-14(18)10-13/h5-7,10,15-16H,3-4,8-9,11-12H2,1-2H3,(H,21,22)/t15-,16+/m1/s1. The lowest BCUT2D eigenvalue weighted by atomic mass is 9.89. The lowest BCUT2D eigenvalue weighted by Gasteiger charge is -2.22. The minimum atomic E-state index is -0.792. The van der Waals surface area contributed by atoms with Gasteiger partial charge in [0.1, 0.15) is 5.82 Å². The molecule has 22 heavy (non-hydrogen) atoms. The average molecular weight is 308 g/mol. The van der Waals surface area contributed by atoms with Gasteiger partial charge in [-0.1, -0.05) is 26.0 Å². The fourth-order valence-corrected chi connectivity index (χ4v) is 3.22. The van der Waals surface area contributed by atoms with Crippen molar-refractivity contribution in [3.8, 4) is 0 Å². The van der Waals surface area contributed by atoms with Gasteiger partial charge in [-0.3, -0.25) is 4.79 Å². The van der Waals surface area contributed by atoms with Crippen LogP contribution in [0, 0.1) is 11.7 Å². The summed E-state index contributed by atoms with van der Waals surface area (Å²) in [4.78, 5) is 16.0. The first-order valence-corrected chi connectivity index (χ1v) is 7.98. The number of nitrogens with zero attached hydrogens (tertiary/aromatic N) is 2. The van der Waals surface area contributed by atoms with Crippen molar-refractivity contribution in [1.82, 2.24) is 9.80 Å². The van der Waals surface area contributed by atoms with Crippen molar-refractivity contribution in [2.24, 2.45) is 5.92 Å². The van der Waals surface area contributed by atoms with Crippen molar-refractivity contribution >= 4 is 5.97 Å². The van der Waals surface area contributed by atoms with Crippen molar-refractivity contribution in [2.45, 2.75) is 19.8 Å². The van der Waals surface area contributed by atoms with Gasteiger partial charge in [-0.15, -0.1) is 0 Å². The summed E-state index contributed by atoms with van der Waals surface area (Å²) in [6, 6.07) is 6.35. The molecule has 0 saturated carbocycles. The Labute approximate surface area is 131 Å². The Morgan fingerprint density at radius 3 is 2.68 bits per heavy atom. The van der Waals surface area contributed by atoms with E-state index in [0.717, 1.165) is 31.7 Å². The fraction of sp³-hybridized carbons (Fsp3) is 0.588. The number of hydrogen-bond acceptors (Lipinski definition) is 3. The lowest BCUT2D eigenvalue weighted by molar-refractivity contribution is -0.141. The summed E-state index contributed by atoms with van der Waals surface area (Å²) in [6.45, 7) is 9.28. The van der Waals surface area contributed by atoms with Crippen LogP contribution in [0.3, 0.4) is 0 Å². The molecule has 1 N–H and O–H groups in total. The van der Waals surface area contributed by atoms with E-state index in [1.165, 1.54) is 12.1 Å². The van der Waals surface area contributed by atoms with E-state index in [1.54, 1.807) is 6.07 Å². The molecule has 0 aliphatic carbocycles. The van der Waals surface area contributed by atoms with E-state index in [-0.39, 0.29) is 11.7 Å². The maximum atomic E-state index is 13.4. The molecular weight excluding hydrogens is 283 g/mol. The first kappa shape index (κ1) is 16.9. The van der Waals surface area contributed by atoms with Crippen molar-refractivity contribution in [1.29, 1.82) is 0 Å². The molecule has 1 aliphatic heterocycles. The summed E-state index contributed by atoms with van der Waals surface area (Å²) in [5, 5.41) is 9.47. The molecule has 2 atom stereocenters. The molecule has 0 spiro atoms. The van der Waals surface area contributed by atoms with Gasteiger partial charge in [0.25, 0.3) is 0 Å². The zero-order valence-electron chi connectivity index (χ0n) is 13.3. The van der Waals surface area contributed by atoms with E-state index in [2.05, 4.69) is 23.6 Å². The molecule has 1 aromatic carbocycles. The average Bonchev–Trinajstić information content (AvgIpc) is 2.93. The topological polar surface area (TPSA) is 43.8 Å². The monoisotopic (exact) mass is 308 g/mol. The normalized spacial score (nSPS) is 22.4. The zero-order valence-corrected chi connectivity index (χ0v) is 13.3. The van der Waals surface area contributed by atoms with Crippen molar-refractivity contribution in [3.05, 3.63) is 35.6 Å². The third kappa shape index (κ3) is 4.05. The summed E-state index contributed by atoms with van der Waals surface area (Å²) in [5.41, 5.74) is 0.790. The second-order valence-corrected chi connectivity index (χ2v) is 5.89. The Balaban J connectivity index is 2.05. The van der Waals surface area contributed by atoms with Gasteiger partial charge in [0.15, 0.2) is 0 Å². The third-order valence-corrected chi connectivity index (χ3v) is 4.62. The molecule has 0 aromatic heterocycles. The molecule has 1 heterocycles. The van der Waals surface area contributed by atoms with Crippen LogP contribution in [0.5, 0.6) is 0 Å². The van der Waals surface area contributed by atoms with Gasteiger partial charge in [-0.05, 0) is 30.8 Å². The van der Waals surface area contributed by atoms with Gasteiger partial charge < -0.3 is 14.9 Å². The van der Waals surface area contributed by atoms with Gasteiger partial charge in [-0.25, -0.2) is 4.39 Å². The highest BCUT2D eigenvalue weighted by Gasteiger charge is 2.38. The lowest BCUT2D eigenvalue weighted by Crippen LogP contribution is -2.34. The first-order chi connectivity index (χ1) is 10.5. The summed E-state index contributed by atoms with van der Waals surface area (Å²) < 4.78 is 13.4. The second-order valence-electron chi connectivity index (χ2n) is 5.89. The van der Waals surface area contributed by atoms with Crippen LogP contribution in [-0.4, -0.2) is 60.1 Å². The quantitative estimate of drug-likeness (QED) is 0.839. The van der Waals surface area contributed by atoms with E-state index < -0.39 is 11.9 Å². The van der Waals surface area contributed by atoms with Crippen LogP contribution >= 0.6 is 0 Å². The fourth-order valence-electron chi connectivity index (χ4n) is 3.22. The van der Waals surface area contributed by atoms with E-state index >= 15 is 0 Å². The predicted molar refractivity (Wildman–Crippen MR) is 84.5 cm³/mol. The van der Waals surface area contributed by atoms with Gasteiger partial charge in [0, 0.05) is 32.1 Å². The minimum Gasteiger partial charge on any atom is -0.481 e. The molecule has 122 valence electrons. The van der Waals surface area contributed by atoms with E-state index in [4.69, 9.17) is 0 Å². The predicted octanol–water partition coefficient (Wildman–Crippen LogP) is 2.27. The third-order valence-electron chi connectivity index (χ3n) is 4.62. The molecule has 0 bridgehead atoms. The Morgan fingerprint density at radius 2 is 2.09 bits per heavy atom. The Kier molecular flexibility index (Phi) is 5.91. The number of hydrogen-bond donors (Lipinski definition) is 1. The van der Waals surface area contributed by atoms with E-state index in [1.807, 2.05) is 6.07 Å². The van der Waals surface area contributed by atoms with Gasteiger partial charge in [0.05, 0.1) is 5.92 Å². The summed E-state index contributed by atoms with van der Waals surface area (Å²) in [6.07, 6.45) is 0. The van der Waals surface area contributed by atoms with Gasteiger partial charge in [0.2, 0.25) is 0 Å². The van der Waals surface area contributed by atoms with Crippen LogP contribution in [0.1, 0.15) is 25.3 Å². The molecule has 1 aromatic rings. The number of halogens is 1. The molecule has 0 radical (unpaired) electrons. The van der Waals surface area contributed by atoms with Crippen molar-refractivity contribution in [2.75, 3.05) is 39.3 Å². The van der Waals surface area contributed by atoms with E-state index in [9.17, 15) is 14.3 Å². The molecular formula is C17H25FN2O2. The number of carbonyl (C=O) groups is 1. The first-order valence-electron chi connectivity index (χ1n) is 7.98. The number of aliphatic carboxylic acids is 1. The molecule has 1 saturated heterocycles. The maximum absolute atomic E-state index is 13.4. The number of likely N-dealkylation sites (N-methyl/N-ethyl adjacent to an activating group) is 1. The van der Waals surface area contributed by atoms with Crippen LogP contribution in [-0.2, 0) is 4.79 Å². The molecule has 4 nitrogen and oxygen atoms in total. The number of rotatable bonds is 7. The molecule has 1 aliphatic rings. The minimum absolute atomic E-state index is 0.134. The number of likely N-dealkylation sites (tertiary alicyclic amines) is 1. The molecule has 2 rings (SSSR count). The molecule has 0 unspecified atom stereocenters. The van der Waals surface area contributed by atoms with Crippen molar-refractivity contribution in [3.63, 3.8) is 0 Å². The van der Waals surface area contributed by atoms with Crippen LogP contribution in [0.25, 0.3) is 0 Å². The molecule has 1 fully saturated rings. The molecule has 0 amide bonds. The number of benzene rings is 1. The highest BCUT2D eigenvalue weighted by Crippen LogP contribution is 2.33. The molecule has 5 heteroatoms. The highest BCUT2D eigenvalue weighted by molar-refractivity contribution is 5.72. The van der Waals surface area contributed by atoms with Crippen LogP contribution in [0.2, 0.25) is 0 Å². The maximum Gasteiger partial charge on any atom is 0.308 e. The second kappa shape index (κ2) is 7.70. The summed E-state index contributed by atoms with van der Waals surface area (Å²) in [7, 11) is 0. The Hall–Kier alpha value is -1.46. The number of carboxylic acid groups (broad SMARTS) is 1. The highest BCUT2D eigenvalue weighted by atomic mass is 19.1. The van der Waals surface area contributed by atoms with Crippen molar-refractivity contribution < 1.29 is 14.3 Å². The number of carboxylic acids is 1. The Bertz CT molecular complexity index is 505. The van der Waals surface area contributed by atoms with Gasteiger partial charge in [-0.2, -0.15) is 0 Å². The summed E-state index contributed by atoms with van der Waals surface area (Å²) >= 11 is 0. The van der Waals surface area contributed by atoms with Crippen LogP contribution in [0.4, 0.5) is 4.39 Å². The summed E-state index contributed by atoms with van der Waals surface area (Å²) in [5.74, 6) is -1.69. The van der Waals surface area contributed by atoms with E-state index in [0.29, 0.717) is 13.1 Å². The SMILES string of the molecule is CCN(CC)CCN1C[C@H](C(=O)O)[C@@H](c2cccc(F)c2)C1.